The lowest BCUT2D eigenvalue weighted by Crippen LogP contribution is -1.98. The zero-order valence-corrected chi connectivity index (χ0v) is 13.2. The third-order valence-corrected chi connectivity index (χ3v) is 5.09. The molecule has 2 aromatic rings. The van der Waals surface area contributed by atoms with Crippen molar-refractivity contribution in [3.63, 3.8) is 0 Å². The summed E-state index contributed by atoms with van der Waals surface area (Å²) in [5.74, 6) is 1.86. The first-order valence-electron chi connectivity index (χ1n) is 7.40. The molecular weight excluding hydrogens is 278 g/mol. The molecule has 0 spiro atoms. The van der Waals surface area contributed by atoms with Gasteiger partial charge < -0.3 is 10.5 Å². The second kappa shape index (κ2) is 6.54. The first-order valence-corrected chi connectivity index (χ1v) is 8.39. The van der Waals surface area contributed by atoms with Crippen LogP contribution in [0.1, 0.15) is 28.7 Å². The van der Waals surface area contributed by atoms with Gasteiger partial charge in [0, 0.05) is 22.8 Å². The third kappa shape index (κ3) is 3.25. The average Bonchev–Trinajstić information content (AvgIpc) is 3.00. The number of hydrogen-bond acceptors (Lipinski definition) is 3. The van der Waals surface area contributed by atoms with Crippen LogP contribution in [-0.2, 0) is 25.1 Å². The quantitative estimate of drug-likeness (QED) is 0.850. The summed E-state index contributed by atoms with van der Waals surface area (Å²) in [6.45, 7) is 0.570. The van der Waals surface area contributed by atoms with Gasteiger partial charge in [-0.3, -0.25) is 0 Å². The number of methoxy groups -OCH3 is 1. The largest absolute Gasteiger partial charge is 0.496 e. The Morgan fingerprint density at radius 1 is 1.10 bits per heavy atom. The number of ether oxygens (including phenoxy) is 1. The molecule has 110 valence electrons. The minimum Gasteiger partial charge on any atom is -0.496 e. The van der Waals surface area contributed by atoms with Crippen LogP contribution in [0.3, 0.4) is 0 Å². The summed E-state index contributed by atoms with van der Waals surface area (Å²) in [5, 5.41) is 0. The number of rotatable bonds is 5. The molecule has 0 unspecified atom stereocenters. The van der Waals surface area contributed by atoms with Gasteiger partial charge in [-0.25, -0.2) is 0 Å². The van der Waals surface area contributed by atoms with E-state index in [0.717, 1.165) is 17.1 Å². The molecule has 3 heteroatoms. The SMILES string of the molecule is COc1ccc(CN)cc1CSc1ccc2c(c1)CCC2. The zero-order valence-electron chi connectivity index (χ0n) is 12.4. The first kappa shape index (κ1) is 14.5. The van der Waals surface area contributed by atoms with Gasteiger partial charge in [0.1, 0.15) is 5.75 Å². The van der Waals surface area contributed by atoms with Gasteiger partial charge in [-0.15, -0.1) is 11.8 Å². The molecule has 0 amide bonds. The molecule has 0 bridgehead atoms. The predicted octanol–water partition coefficient (Wildman–Crippen LogP) is 3.93. The van der Waals surface area contributed by atoms with Crippen LogP contribution < -0.4 is 10.5 Å². The lowest BCUT2D eigenvalue weighted by atomic mass is 10.1. The zero-order chi connectivity index (χ0) is 14.7. The normalized spacial score (nSPS) is 13.2. The number of thioether (sulfide) groups is 1. The van der Waals surface area contributed by atoms with E-state index in [9.17, 15) is 0 Å². The van der Waals surface area contributed by atoms with Crippen molar-refractivity contribution in [3.8, 4) is 5.75 Å². The average molecular weight is 299 g/mol. The van der Waals surface area contributed by atoms with Crippen molar-refractivity contribution in [1.29, 1.82) is 0 Å². The molecular formula is C18H21NOS. The molecule has 1 aliphatic carbocycles. The molecule has 0 saturated carbocycles. The van der Waals surface area contributed by atoms with Crippen LogP contribution >= 0.6 is 11.8 Å². The molecule has 0 aliphatic heterocycles. The van der Waals surface area contributed by atoms with E-state index >= 15 is 0 Å². The number of fused-ring (bicyclic) bond motifs is 1. The molecule has 2 N–H and O–H groups in total. The van der Waals surface area contributed by atoms with E-state index in [-0.39, 0.29) is 0 Å². The van der Waals surface area contributed by atoms with Gasteiger partial charge in [-0.2, -0.15) is 0 Å². The summed E-state index contributed by atoms with van der Waals surface area (Å²) in [6, 6.07) is 13.1. The van der Waals surface area contributed by atoms with Crippen LogP contribution in [0.4, 0.5) is 0 Å². The Labute approximate surface area is 130 Å². The van der Waals surface area contributed by atoms with Crippen LogP contribution in [0.5, 0.6) is 5.75 Å². The summed E-state index contributed by atoms with van der Waals surface area (Å²) in [6.07, 6.45) is 3.78. The lowest BCUT2D eigenvalue weighted by molar-refractivity contribution is 0.411. The topological polar surface area (TPSA) is 35.2 Å². The molecule has 2 aromatic carbocycles. The summed E-state index contributed by atoms with van der Waals surface area (Å²) < 4.78 is 5.45. The Bertz CT molecular complexity index is 639. The predicted molar refractivity (Wildman–Crippen MR) is 88.9 cm³/mol. The minimum absolute atomic E-state index is 0.570. The molecule has 0 aromatic heterocycles. The molecule has 21 heavy (non-hydrogen) atoms. The van der Waals surface area contributed by atoms with E-state index in [2.05, 4.69) is 24.3 Å². The van der Waals surface area contributed by atoms with Crippen LogP contribution in [0, 0.1) is 0 Å². The van der Waals surface area contributed by atoms with E-state index in [1.54, 1.807) is 7.11 Å². The fourth-order valence-electron chi connectivity index (χ4n) is 2.87. The first-order chi connectivity index (χ1) is 10.3. The minimum atomic E-state index is 0.570. The fraction of sp³-hybridized carbons (Fsp3) is 0.333. The molecule has 0 heterocycles. The van der Waals surface area contributed by atoms with Gasteiger partial charge >= 0.3 is 0 Å². The van der Waals surface area contributed by atoms with Crippen molar-refractivity contribution >= 4 is 11.8 Å². The van der Waals surface area contributed by atoms with E-state index in [4.69, 9.17) is 10.5 Å². The molecule has 0 saturated heterocycles. The Balaban J connectivity index is 1.75. The summed E-state index contributed by atoms with van der Waals surface area (Å²) in [5.41, 5.74) is 11.2. The summed E-state index contributed by atoms with van der Waals surface area (Å²) >= 11 is 1.87. The Hall–Kier alpha value is -1.45. The van der Waals surface area contributed by atoms with Crippen molar-refractivity contribution in [3.05, 3.63) is 58.7 Å². The van der Waals surface area contributed by atoms with E-state index in [1.807, 2.05) is 23.9 Å². The van der Waals surface area contributed by atoms with Gasteiger partial charge in [-0.1, -0.05) is 12.1 Å². The number of hydrogen-bond donors (Lipinski definition) is 1. The smallest absolute Gasteiger partial charge is 0.122 e. The molecule has 0 atom stereocenters. The molecule has 2 nitrogen and oxygen atoms in total. The van der Waals surface area contributed by atoms with Gasteiger partial charge in [0.15, 0.2) is 0 Å². The Morgan fingerprint density at radius 3 is 2.76 bits per heavy atom. The highest BCUT2D eigenvalue weighted by Crippen LogP contribution is 2.32. The number of nitrogens with two attached hydrogens (primary N) is 1. The van der Waals surface area contributed by atoms with Crippen LogP contribution in [0.2, 0.25) is 0 Å². The summed E-state index contributed by atoms with van der Waals surface area (Å²) in [4.78, 5) is 1.34. The highest BCUT2D eigenvalue weighted by atomic mass is 32.2. The van der Waals surface area contributed by atoms with Crippen molar-refractivity contribution in [2.45, 2.75) is 36.5 Å². The summed E-state index contributed by atoms with van der Waals surface area (Å²) in [7, 11) is 1.72. The van der Waals surface area contributed by atoms with Gasteiger partial charge in [0.25, 0.3) is 0 Å². The fourth-order valence-corrected chi connectivity index (χ4v) is 3.81. The Morgan fingerprint density at radius 2 is 1.95 bits per heavy atom. The maximum atomic E-state index is 5.73. The number of aryl methyl sites for hydroxylation is 2. The molecule has 3 rings (SSSR count). The molecule has 1 aliphatic rings. The second-order valence-corrected chi connectivity index (χ2v) is 6.47. The van der Waals surface area contributed by atoms with Gasteiger partial charge in [-0.05, 0) is 60.2 Å². The van der Waals surface area contributed by atoms with Crippen molar-refractivity contribution in [2.24, 2.45) is 5.73 Å². The highest BCUT2D eigenvalue weighted by Gasteiger charge is 2.11. The van der Waals surface area contributed by atoms with Crippen molar-refractivity contribution in [2.75, 3.05) is 7.11 Å². The van der Waals surface area contributed by atoms with Crippen LogP contribution in [-0.4, -0.2) is 7.11 Å². The lowest BCUT2D eigenvalue weighted by Gasteiger charge is -2.11. The van der Waals surface area contributed by atoms with Crippen LogP contribution in [0.25, 0.3) is 0 Å². The van der Waals surface area contributed by atoms with Crippen LogP contribution in [0.15, 0.2) is 41.3 Å². The van der Waals surface area contributed by atoms with E-state index in [0.29, 0.717) is 6.54 Å². The molecule has 0 fully saturated rings. The van der Waals surface area contributed by atoms with Gasteiger partial charge in [0.2, 0.25) is 0 Å². The highest BCUT2D eigenvalue weighted by molar-refractivity contribution is 7.98. The van der Waals surface area contributed by atoms with E-state index in [1.165, 1.54) is 40.8 Å². The van der Waals surface area contributed by atoms with Crippen molar-refractivity contribution < 1.29 is 4.74 Å². The molecule has 0 radical (unpaired) electrons. The van der Waals surface area contributed by atoms with Gasteiger partial charge in [0.05, 0.1) is 7.11 Å². The van der Waals surface area contributed by atoms with Crippen molar-refractivity contribution in [1.82, 2.24) is 0 Å². The standard InChI is InChI=1S/C18H21NOS/c1-20-18-8-5-13(11-19)9-16(18)12-21-17-7-6-14-3-2-4-15(14)10-17/h5-10H,2-4,11-12,19H2,1H3. The monoisotopic (exact) mass is 299 g/mol. The maximum Gasteiger partial charge on any atom is 0.122 e. The second-order valence-electron chi connectivity index (χ2n) is 5.42. The number of benzene rings is 2. The van der Waals surface area contributed by atoms with E-state index < -0.39 is 0 Å². The maximum absolute atomic E-state index is 5.73. The Kier molecular flexibility index (Phi) is 4.51. The third-order valence-electron chi connectivity index (χ3n) is 4.04.